The van der Waals surface area contributed by atoms with E-state index in [1.807, 2.05) is 48.5 Å². The molecule has 0 saturated heterocycles. The fraction of sp³-hybridized carbons (Fsp3) is 0.188. The molecule has 0 bridgehead atoms. The molecule has 3 N–H and O–H groups in total. The van der Waals surface area contributed by atoms with E-state index in [0.717, 1.165) is 15.6 Å². The number of anilines is 1. The average Bonchev–Trinajstić information content (AvgIpc) is 2.51. The Balaban J connectivity index is 2.18. The number of halogens is 1. The minimum atomic E-state index is -0.708. The third kappa shape index (κ3) is 3.91. The van der Waals surface area contributed by atoms with Crippen LogP contribution in [0.4, 0.5) is 5.69 Å². The van der Waals surface area contributed by atoms with Gasteiger partial charge in [0.25, 0.3) is 0 Å². The third-order valence-electron chi connectivity index (χ3n) is 3.11. The van der Waals surface area contributed by atoms with Crippen molar-refractivity contribution >= 4 is 27.5 Å². The average molecular weight is 349 g/mol. The largest absolute Gasteiger partial charge is 0.380 e. The quantitative estimate of drug-likeness (QED) is 0.871. The lowest BCUT2D eigenvalue weighted by Crippen LogP contribution is -2.28. The van der Waals surface area contributed by atoms with Gasteiger partial charge in [0.15, 0.2) is 0 Å². The van der Waals surface area contributed by atoms with Crippen molar-refractivity contribution in [3.63, 3.8) is 0 Å². The van der Waals surface area contributed by atoms with Gasteiger partial charge in [-0.25, -0.2) is 0 Å². The summed E-state index contributed by atoms with van der Waals surface area (Å²) in [5.74, 6) is -0.253. The number of hydrogen-bond acceptors (Lipinski definition) is 3. The Kier molecular flexibility index (Phi) is 5.50. The van der Waals surface area contributed by atoms with Gasteiger partial charge in [-0.1, -0.05) is 52.3 Å². The summed E-state index contributed by atoms with van der Waals surface area (Å²) >= 11 is 3.46. The zero-order chi connectivity index (χ0) is 15.2. The smallest absolute Gasteiger partial charge is 0.245 e. The molecule has 0 radical (unpaired) electrons. The normalized spacial score (nSPS) is 12.0. The second-order valence-corrected chi connectivity index (χ2v) is 5.43. The summed E-state index contributed by atoms with van der Waals surface area (Å²) in [4.78, 5) is 12.3. The van der Waals surface area contributed by atoms with Crippen LogP contribution in [0.3, 0.4) is 0 Å². The molecule has 0 unspecified atom stereocenters. The van der Waals surface area contributed by atoms with Crippen LogP contribution in [-0.4, -0.2) is 13.0 Å². The maximum atomic E-state index is 12.3. The Bertz CT molecular complexity index is 617. The third-order valence-corrected chi connectivity index (χ3v) is 3.85. The second-order valence-electron chi connectivity index (χ2n) is 4.58. The van der Waals surface area contributed by atoms with Crippen LogP contribution in [0, 0.1) is 0 Å². The van der Waals surface area contributed by atoms with E-state index in [4.69, 9.17) is 10.5 Å². The van der Waals surface area contributed by atoms with Crippen LogP contribution in [0.25, 0.3) is 0 Å². The summed E-state index contributed by atoms with van der Waals surface area (Å²) in [7, 11) is 1.61. The number of methoxy groups -OCH3 is 1. The van der Waals surface area contributed by atoms with Crippen molar-refractivity contribution < 1.29 is 9.53 Å². The predicted octanol–water partition coefficient (Wildman–Crippen LogP) is 3.23. The highest BCUT2D eigenvalue weighted by molar-refractivity contribution is 9.10. The summed E-state index contributed by atoms with van der Waals surface area (Å²) in [6.45, 7) is 0.400. The van der Waals surface area contributed by atoms with Crippen molar-refractivity contribution in [2.45, 2.75) is 12.6 Å². The standard InChI is InChI=1S/C16H17BrN2O2/c1-21-10-12-13(17)8-5-9-14(12)19-16(20)15(18)11-6-3-2-4-7-11/h2-9,15H,10,18H2,1H3,(H,19,20)/t15-/m1/s1. The van der Waals surface area contributed by atoms with Crippen LogP contribution in [0.2, 0.25) is 0 Å². The van der Waals surface area contributed by atoms with E-state index < -0.39 is 6.04 Å². The monoisotopic (exact) mass is 348 g/mol. The van der Waals surface area contributed by atoms with E-state index in [1.54, 1.807) is 7.11 Å². The van der Waals surface area contributed by atoms with Crippen LogP contribution in [-0.2, 0) is 16.1 Å². The summed E-state index contributed by atoms with van der Waals surface area (Å²) in [6, 6.07) is 14.2. The molecule has 110 valence electrons. The highest BCUT2D eigenvalue weighted by atomic mass is 79.9. The number of rotatable bonds is 5. The number of nitrogens with one attached hydrogen (secondary N) is 1. The Morgan fingerprint density at radius 2 is 1.95 bits per heavy atom. The summed E-state index contributed by atoms with van der Waals surface area (Å²) in [5, 5.41) is 2.86. The molecule has 0 aromatic heterocycles. The minimum absolute atomic E-state index is 0.253. The number of amides is 1. The molecular weight excluding hydrogens is 332 g/mol. The van der Waals surface area contributed by atoms with E-state index in [1.165, 1.54) is 0 Å². The number of carbonyl (C=O) groups is 1. The van der Waals surface area contributed by atoms with Crippen LogP contribution in [0.5, 0.6) is 0 Å². The molecule has 0 aliphatic heterocycles. The van der Waals surface area contributed by atoms with E-state index in [-0.39, 0.29) is 5.91 Å². The van der Waals surface area contributed by atoms with Crippen LogP contribution in [0.1, 0.15) is 17.2 Å². The van der Waals surface area contributed by atoms with Gasteiger partial charge in [0.2, 0.25) is 5.91 Å². The van der Waals surface area contributed by atoms with Gasteiger partial charge in [-0.05, 0) is 17.7 Å². The zero-order valence-corrected chi connectivity index (χ0v) is 13.3. The lowest BCUT2D eigenvalue weighted by Gasteiger charge is -2.16. The van der Waals surface area contributed by atoms with Crippen molar-refractivity contribution in [3.8, 4) is 0 Å². The number of ether oxygens (including phenoxy) is 1. The minimum Gasteiger partial charge on any atom is -0.380 e. The fourth-order valence-electron chi connectivity index (χ4n) is 1.99. The highest BCUT2D eigenvalue weighted by Crippen LogP contribution is 2.26. The Morgan fingerprint density at radius 3 is 2.62 bits per heavy atom. The summed E-state index contributed by atoms with van der Waals surface area (Å²) in [5.41, 5.74) is 8.35. The molecule has 21 heavy (non-hydrogen) atoms. The van der Waals surface area contributed by atoms with Crippen molar-refractivity contribution in [1.82, 2.24) is 0 Å². The molecule has 1 atom stereocenters. The molecule has 5 heteroatoms. The molecule has 0 saturated carbocycles. The van der Waals surface area contributed by atoms with Crippen LogP contribution >= 0.6 is 15.9 Å². The van der Waals surface area contributed by atoms with Gasteiger partial charge in [-0.2, -0.15) is 0 Å². The number of carbonyl (C=O) groups excluding carboxylic acids is 1. The fourth-order valence-corrected chi connectivity index (χ4v) is 2.47. The lowest BCUT2D eigenvalue weighted by atomic mass is 10.1. The maximum Gasteiger partial charge on any atom is 0.245 e. The van der Waals surface area contributed by atoms with Gasteiger partial charge < -0.3 is 15.8 Å². The molecule has 0 fully saturated rings. The van der Waals surface area contributed by atoms with Crippen molar-refractivity contribution in [1.29, 1.82) is 0 Å². The topological polar surface area (TPSA) is 64.3 Å². The molecule has 0 aliphatic rings. The van der Waals surface area contributed by atoms with Crippen molar-refractivity contribution in [2.75, 3.05) is 12.4 Å². The maximum absolute atomic E-state index is 12.3. The van der Waals surface area contributed by atoms with Gasteiger partial charge in [0.05, 0.1) is 6.61 Å². The van der Waals surface area contributed by atoms with Gasteiger partial charge in [0.1, 0.15) is 6.04 Å². The Hall–Kier alpha value is -1.69. The highest BCUT2D eigenvalue weighted by Gasteiger charge is 2.17. The molecule has 0 spiro atoms. The van der Waals surface area contributed by atoms with Gasteiger partial charge in [-0.15, -0.1) is 0 Å². The van der Waals surface area contributed by atoms with Crippen LogP contribution < -0.4 is 11.1 Å². The summed E-state index contributed by atoms with van der Waals surface area (Å²) < 4.78 is 6.05. The van der Waals surface area contributed by atoms with Crippen molar-refractivity contribution in [2.24, 2.45) is 5.73 Å². The first-order valence-electron chi connectivity index (χ1n) is 6.51. The van der Waals surface area contributed by atoms with Gasteiger partial charge in [0, 0.05) is 22.8 Å². The second kappa shape index (κ2) is 7.36. The van der Waals surface area contributed by atoms with Crippen molar-refractivity contribution in [3.05, 3.63) is 64.1 Å². The van der Waals surface area contributed by atoms with Gasteiger partial charge >= 0.3 is 0 Å². The molecular formula is C16H17BrN2O2. The van der Waals surface area contributed by atoms with E-state index in [9.17, 15) is 4.79 Å². The van der Waals surface area contributed by atoms with E-state index in [0.29, 0.717) is 12.3 Å². The molecule has 2 aromatic carbocycles. The molecule has 0 heterocycles. The first-order valence-corrected chi connectivity index (χ1v) is 7.30. The number of benzene rings is 2. The van der Waals surface area contributed by atoms with Gasteiger partial charge in [-0.3, -0.25) is 4.79 Å². The Morgan fingerprint density at radius 1 is 1.24 bits per heavy atom. The predicted molar refractivity (Wildman–Crippen MR) is 86.9 cm³/mol. The van der Waals surface area contributed by atoms with E-state index in [2.05, 4.69) is 21.2 Å². The summed E-state index contributed by atoms with van der Waals surface area (Å²) in [6.07, 6.45) is 0. The number of hydrogen-bond donors (Lipinski definition) is 2. The first-order chi connectivity index (χ1) is 10.1. The zero-order valence-electron chi connectivity index (χ0n) is 11.7. The first kappa shape index (κ1) is 15.7. The SMILES string of the molecule is COCc1c(Br)cccc1NC(=O)[C@H](N)c1ccccc1. The molecule has 1 amide bonds. The van der Waals surface area contributed by atoms with Crippen LogP contribution in [0.15, 0.2) is 53.0 Å². The molecule has 4 nitrogen and oxygen atoms in total. The van der Waals surface area contributed by atoms with E-state index >= 15 is 0 Å². The number of nitrogens with two attached hydrogens (primary N) is 1. The molecule has 2 rings (SSSR count). The lowest BCUT2D eigenvalue weighted by molar-refractivity contribution is -0.117. The Labute approximate surface area is 132 Å². The molecule has 0 aliphatic carbocycles. The molecule has 2 aromatic rings.